The second-order valence-electron chi connectivity index (χ2n) is 5.72. The van der Waals surface area contributed by atoms with Crippen LogP contribution in [0.1, 0.15) is 28.1 Å². The molecule has 0 aliphatic rings. The first-order valence-corrected chi connectivity index (χ1v) is 8.58. The number of benzene rings is 2. The van der Waals surface area contributed by atoms with Gasteiger partial charge in [0.05, 0.1) is 16.8 Å². The Labute approximate surface area is 159 Å². The Morgan fingerprint density at radius 1 is 0.963 bits per heavy atom. The molecule has 1 amide bonds. The fourth-order valence-electron chi connectivity index (χ4n) is 2.64. The monoisotopic (exact) mass is 379 g/mol. The zero-order valence-corrected chi connectivity index (χ0v) is 14.8. The van der Waals surface area contributed by atoms with E-state index in [-0.39, 0.29) is 23.4 Å². The Morgan fingerprint density at radius 3 is 2.48 bits per heavy atom. The number of carbonyl (C=O) groups is 1. The summed E-state index contributed by atoms with van der Waals surface area (Å²) in [5, 5.41) is 11.6. The minimum Gasteiger partial charge on any atom is -0.459 e. The first kappa shape index (κ1) is 17.1. The van der Waals surface area contributed by atoms with Gasteiger partial charge < -0.3 is 14.2 Å². The van der Waals surface area contributed by atoms with E-state index < -0.39 is 6.04 Å². The number of nitrogens with one attached hydrogen (secondary N) is 1. The summed E-state index contributed by atoms with van der Waals surface area (Å²) in [7, 11) is 0. The first-order chi connectivity index (χ1) is 13.2. The van der Waals surface area contributed by atoms with Crippen LogP contribution in [-0.4, -0.2) is 16.1 Å². The molecule has 0 aliphatic carbocycles. The smallest absolute Gasteiger partial charge is 0.287 e. The molecule has 0 unspecified atom stereocenters. The topological polar surface area (TPSA) is 81.2 Å². The number of hydrogen-bond donors (Lipinski definition) is 1. The van der Waals surface area contributed by atoms with Gasteiger partial charge in [-0.3, -0.25) is 4.79 Å². The SMILES string of the molecule is O=C(N[C@@H](c1ccccc1)c1nnc(-c2ccccc2Cl)o1)c1ccco1. The van der Waals surface area contributed by atoms with Crippen LogP contribution in [0.25, 0.3) is 11.5 Å². The fraction of sp³-hybridized carbons (Fsp3) is 0.0500. The Balaban J connectivity index is 1.69. The van der Waals surface area contributed by atoms with Crippen molar-refractivity contribution in [3.8, 4) is 11.5 Å². The van der Waals surface area contributed by atoms with E-state index in [9.17, 15) is 4.79 Å². The molecule has 1 N–H and O–H groups in total. The first-order valence-electron chi connectivity index (χ1n) is 8.20. The maximum absolute atomic E-state index is 12.5. The average Bonchev–Trinajstić information content (AvgIpc) is 3.39. The molecule has 0 fully saturated rings. The van der Waals surface area contributed by atoms with Crippen molar-refractivity contribution >= 4 is 17.5 Å². The van der Waals surface area contributed by atoms with Gasteiger partial charge in [-0.1, -0.05) is 54.1 Å². The van der Waals surface area contributed by atoms with Crippen LogP contribution in [0.4, 0.5) is 0 Å². The Hall–Kier alpha value is -3.38. The highest BCUT2D eigenvalue weighted by atomic mass is 35.5. The molecule has 7 heteroatoms. The number of hydrogen-bond acceptors (Lipinski definition) is 5. The molecule has 0 radical (unpaired) electrons. The van der Waals surface area contributed by atoms with Crippen LogP contribution < -0.4 is 5.32 Å². The maximum atomic E-state index is 12.5. The summed E-state index contributed by atoms with van der Waals surface area (Å²) in [4.78, 5) is 12.5. The van der Waals surface area contributed by atoms with E-state index in [1.165, 1.54) is 6.26 Å². The summed E-state index contributed by atoms with van der Waals surface area (Å²) in [5.74, 6) is 0.341. The van der Waals surface area contributed by atoms with Crippen LogP contribution >= 0.6 is 11.6 Å². The second kappa shape index (κ2) is 7.47. The molecule has 4 rings (SSSR count). The van der Waals surface area contributed by atoms with Crippen molar-refractivity contribution in [3.63, 3.8) is 0 Å². The molecule has 2 heterocycles. The van der Waals surface area contributed by atoms with Gasteiger partial charge in [0.2, 0.25) is 11.8 Å². The molecule has 134 valence electrons. The molecule has 0 saturated heterocycles. The van der Waals surface area contributed by atoms with Crippen LogP contribution in [0.15, 0.2) is 81.8 Å². The van der Waals surface area contributed by atoms with E-state index in [1.54, 1.807) is 24.3 Å². The van der Waals surface area contributed by atoms with Gasteiger partial charge in [-0.15, -0.1) is 10.2 Å². The number of rotatable bonds is 5. The molecule has 0 spiro atoms. The van der Waals surface area contributed by atoms with Gasteiger partial charge in [-0.2, -0.15) is 0 Å². The van der Waals surface area contributed by atoms with Crippen molar-refractivity contribution in [1.29, 1.82) is 0 Å². The van der Waals surface area contributed by atoms with Crippen LogP contribution in [-0.2, 0) is 0 Å². The summed E-state index contributed by atoms with van der Waals surface area (Å²) in [6, 6.07) is 19.1. The number of carbonyl (C=O) groups excluding carboxylic acids is 1. The van der Waals surface area contributed by atoms with Gasteiger partial charge in [0.15, 0.2) is 5.76 Å². The molecular formula is C20H14ClN3O3. The number of halogens is 1. The minimum atomic E-state index is -0.632. The van der Waals surface area contributed by atoms with Crippen LogP contribution in [0.2, 0.25) is 5.02 Å². The Kier molecular flexibility index (Phi) is 4.72. The molecular weight excluding hydrogens is 366 g/mol. The highest BCUT2D eigenvalue weighted by Gasteiger charge is 2.25. The van der Waals surface area contributed by atoms with E-state index >= 15 is 0 Å². The predicted octanol–water partition coefficient (Wildman–Crippen LogP) is 4.50. The second-order valence-corrected chi connectivity index (χ2v) is 6.13. The number of nitrogens with zero attached hydrogens (tertiary/aromatic N) is 2. The highest BCUT2D eigenvalue weighted by molar-refractivity contribution is 6.33. The third-order valence-corrected chi connectivity index (χ3v) is 4.27. The van der Waals surface area contributed by atoms with Gasteiger partial charge in [-0.25, -0.2) is 0 Å². The molecule has 0 saturated carbocycles. The number of furan rings is 1. The van der Waals surface area contributed by atoms with Crippen LogP contribution in [0.3, 0.4) is 0 Å². The normalized spacial score (nSPS) is 11.9. The van der Waals surface area contributed by atoms with Gasteiger partial charge in [0, 0.05) is 0 Å². The molecule has 2 aromatic heterocycles. The van der Waals surface area contributed by atoms with Gasteiger partial charge >= 0.3 is 0 Å². The molecule has 4 aromatic rings. The Bertz CT molecular complexity index is 1050. The van der Waals surface area contributed by atoms with Crippen LogP contribution in [0, 0.1) is 0 Å². The molecule has 6 nitrogen and oxygen atoms in total. The molecule has 27 heavy (non-hydrogen) atoms. The average molecular weight is 380 g/mol. The van der Waals surface area contributed by atoms with Gasteiger partial charge in [0.25, 0.3) is 5.91 Å². The van der Waals surface area contributed by atoms with E-state index in [0.717, 1.165) is 5.56 Å². The van der Waals surface area contributed by atoms with E-state index in [0.29, 0.717) is 10.6 Å². The third-order valence-electron chi connectivity index (χ3n) is 3.95. The lowest BCUT2D eigenvalue weighted by molar-refractivity contribution is 0.0910. The summed E-state index contributed by atoms with van der Waals surface area (Å²) < 4.78 is 11.0. The van der Waals surface area contributed by atoms with Crippen molar-refractivity contribution in [2.45, 2.75) is 6.04 Å². The van der Waals surface area contributed by atoms with Gasteiger partial charge in [0.1, 0.15) is 6.04 Å². The number of aromatic nitrogens is 2. The fourth-order valence-corrected chi connectivity index (χ4v) is 2.85. The quantitative estimate of drug-likeness (QED) is 0.552. The van der Waals surface area contributed by atoms with E-state index in [4.69, 9.17) is 20.4 Å². The largest absolute Gasteiger partial charge is 0.459 e. The molecule has 1 atom stereocenters. The van der Waals surface area contributed by atoms with Crippen LogP contribution in [0.5, 0.6) is 0 Å². The summed E-state index contributed by atoms with van der Waals surface area (Å²) in [6.45, 7) is 0. The molecule has 0 bridgehead atoms. The lowest BCUT2D eigenvalue weighted by Crippen LogP contribution is -2.29. The maximum Gasteiger partial charge on any atom is 0.287 e. The van der Waals surface area contributed by atoms with Crippen molar-refractivity contribution in [3.05, 3.63) is 95.2 Å². The van der Waals surface area contributed by atoms with Gasteiger partial charge in [-0.05, 0) is 29.8 Å². The summed E-state index contributed by atoms with van der Waals surface area (Å²) >= 11 is 6.21. The zero-order chi connectivity index (χ0) is 18.6. The molecule has 2 aromatic carbocycles. The van der Waals surface area contributed by atoms with Crippen molar-refractivity contribution < 1.29 is 13.6 Å². The third kappa shape index (κ3) is 3.61. The standard InChI is InChI=1S/C20H14ClN3O3/c21-15-10-5-4-9-14(15)19-23-24-20(27-19)17(13-7-2-1-3-8-13)22-18(25)16-11-6-12-26-16/h1-12,17H,(H,22,25)/t17-/m0/s1. The predicted molar refractivity (Wildman–Crippen MR) is 99.2 cm³/mol. The summed E-state index contributed by atoms with van der Waals surface area (Å²) in [6.07, 6.45) is 1.44. The van der Waals surface area contributed by atoms with E-state index in [1.807, 2.05) is 42.5 Å². The number of amides is 1. The highest BCUT2D eigenvalue weighted by Crippen LogP contribution is 2.29. The summed E-state index contributed by atoms with van der Waals surface area (Å²) in [5.41, 5.74) is 1.42. The minimum absolute atomic E-state index is 0.196. The molecule has 0 aliphatic heterocycles. The van der Waals surface area contributed by atoms with E-state index in [2.05, 4.69) is 15.5 Å². The zero-order valence-electron chi connectivity index (χ0n) is 14.0. The van der Waals surface area contributed by atoms with Crippen molar-refractivity contribution in [2.75, 3.05) is 0 Å². The van der Waals surface area contributed by atoms with Crippen molar-refractivity contribution in [2.24, 2.45) is 0 Å². The van der Waals surface area contributed by atoms with Crippen molar-refractivity contribution in [1.82, 2.24) is 15.5 Å². The lowest BCUT2D eigenvalue weighted by Gasteiger charge is -2.14. The lowest BCUT2D eigenvalue weighted by atomic mass is 10.1. The Morgan fingerprint density at radius 2 is 1.74 bits per heavy atom.